The maximum absolute atomic E-state index is 11.6. The second kappa shape index (κ2) is 6.75. The van der Waals surface area contributed by atoms with Gasteiger partial charge in [0.15, 0.2) is 5.13 Å². The number of carbonyl (C=O) groups excluding carboxylic acids is 1. The van der Waals surface area contributed by atoms with E-state index in [9.17, 15) is 4.79 Å². The molecule has 1 heterocycles. The van der Waals surface area contributed by atoms with Crippen LogP contribution in [-0.4, -0.2) is 24.7 Å². The van der Waals surface area contributed by atoms with Crippen molar-refractivity contribution in [2.75, 3.05) is 19.0 Å². The second-order valence-corrected chi connectivity index (χ2v) is 4.67. The van der Waals surface area contributed by atoms with Crippen molar-refractivity contribution in [2.24, 2.45) is 0 Å². The Hall–Kier alpha value is -2.08. The zero-order chi connectivity index (χ0) is 13.5. The first-order chi connectivity index (χ1) is 9.29. The normalized spacial score (nSPS) is 9.95. The molecule has 0 spiro atoms. The fourth-order valence-electron chi connectivity index (χ4n) is 1.65. The molecular weight excluding hydrogens is 262 g/mol. The van der Waals surface area contributed by atoms with Crippen LogP contribution < -0.4 is 15.4 Å². The van der Waals surface area contributed by atoms with Gasteiger partial charge in [0.25, 0.3) is 0 Å². The Morgan fingerprint density at radius 1 is 1.42 bits per heavy atom. The molecule has 0 saturated carbocycles. The van der Waals surface area contributed by atoms with Crippen molar-refractivity contribution in [1.29, 1.82) is 0 Å². The van der Waals surface area contributed by atoms with Gasteiger partial charge in [-0.15, -0.1) is 11.3 Å². The first-order valence-electron chi connectivity index (χ1n) is 5.86. The molecule has 100 valence electrons. The number of carbonyl (C=O) groups is 1. The van der Waals surface area contributed by atoms with Crippen molar-refractivity contribution < 1.29 is 9.53 Å². The number of anilines is 1. The molecule has 2 N–H and O–H groups in total. The van der Waals surface area contributed by atoms with E-state index in [2.05, 4.69) is 15.6 Å². The summed E-state index contributed by atoms with van der Waals surface area (Å²) in [5.41, 5.74) is 1.07. The highest BCUT2D eigenvalue weighted by Crippen LogP contribution is 2.17. The Kier molecular flexibility index (Phi) is 4.74. The molecule has 0 saturated heterocycles. The topological polar surface area (TPSA) is 63.2 Å². The maximum Gasteiger partial charge on any atom is 0.321 e. The minimum atomic E-state index is -0.246. The largest absolute Gasteiger partial charge is 0.496 e. The Morgan fingerprint density at radius 2 is 2.26 bits per heavy atom. The highest BCUT2D eigenvalue weighted by Gasteiger charge is 2.04. The van der Waals surface area contributed by atoms with Crippen LogP contribution in [0.3, 0.4) is 0 Å². The molecule has 2 rings (SSSR count). The summed E-state index contributed by atoms with van der Waals surface area (Å²) in [6, 6.07) is 7.52. The molecular formula is C13H15N3O2S. The van der Waals surface area contributed by atoms with Crippen molar-refractivity contribution in [2.45, 2.75) is 6.42 Å². The average Bonchev–Trinajstić information content (AvgIpc) is 2.92. The molecule has 0 aliphatic heterocycles. The molecule has 0 aliphatic carbocycles. The summed E-state index contributed by atoms with van der Waals surface area (Å²) in [6.45, 7) is 0.539. The number of hydrogen-bond donors (Lipinski definition) is 2. The molecule has 0 fully saturated rings. The number of amides is 2. The number of methoxy groups -OCH3 is 1. The fourth-order valence-corrected chi connectivity index (χ4v) is 2.17. The van der Waals surface area contributed by atoms with Crippen LogP contribution in [0.1, 0.15) is 5.56 Å². The van der Waals surface area contributed by atoms with Gasteiger partial charge in [-0.05, 0) is 18.1 Å². The molecule has 19 heavy (non-hydrogen) atoms. The van der Waals surface area contributed by atoms with Gasteiger partial charge in [-0.2, -0.15) is 0 Å². The van der Waals surface area contributed by atoms with Crippen LogP contribution in [0.5, 0.6) is 5.75 Å². The van der Waals surface area contributed by atoms with Gasteiger partial charge >= 0.3 is 6.03 Å². The molecule has 1 aromatic heterocycles. The molecule has 0 aliphatic rings. The van der Waals surface area contributed by atoms with Crippen LogP contribution in [0.15, 0.2) is 35.8 Å². The first-order valence-corrected chi connectivity index (χ1v) is 6.74. The van der Waals surface area contributed by atoms with Crippen LogP contribution >= 0.6 is 11.3 Å². The number of ether oxygens (including phenoxy) is 1. The van der Waals surface area contributed by atoms with Crippen LogP contribution in [-0.2, 0) is 6.42 Å². The van der Waals surface area contributed by atoms with Gasteiger partial charge in [0, 0.05) is 18.1 Å². The highest BCUT2D eigenvalue weighted by atomic mass is 32.1. The van der Waals surface area contributed by atoms with Crippen LogP contribution in [0.25, 0.3) is 0 Å². The third-order valence-electron chi connectivity index (χ3n) is 2.53. The van der Waals surface area contributed by atoms with Gasteiger partial charge < -0.3 is 10.1 Å². The molecule has 0 unspecified atom stereocenters. The van der Waals surface area contributed by atoms with Gasteiger partial charge in [0.2, 0.25) is 0 Å². The summed E-state index contributed by atoms with van der Waals surface area (Å²) in [7, 11) is 1.64. The van der Waals surface area contributed by atoms with Crippen molar-refractivity contribution in [1.82, 2.24) is 10.3 Å². The molecule has 2 amide bonds. The summed E-state index contributed by atoms with van der Waals surface area (Å²) in [5, 5.41) is 7.85. The third-order valence-corrected chi connectivity index (χ3v) is 3.21. The molecule has 2 aromatic rings. The number of hydrogen-bond acceptors (Lipinski definition) is 4. The number of thiazole rings is 1. The first kappa shape index (κ1) is 13.4. The number of para-hydroxylation sites is 1. The summed E-state index contributed by atoms with van der Waals surface area (Å²) in [6.07, 6.45) is 2.37. The quantitative estimate of drug-likeness (QED) is 0.882. The smallest absolute Gasteiger partial charge is 0.321 e. The van der Waals surface area contributed by atoms with E-state index in [4.69, 9.17) is 4.74 Å². The lowest BCUT2D eigenvalue weighted by atomic mass is 10.1. The number of aromatic nitrogens is 1. The van der Waals surface area contributed by atoms with Crippen LogP contribution in [0.2, 0.25) is 0 Å². The van der Waals surface area contributed by atoms with Crippen LogP contribution in [0.4, 0.5) is 9.93 Å². The number of urea groups is 1. The number of benzene rings is 1. The van der Waals surface area contributed by atoms with Gasteiger partial charge in [-0.3, -0.25) is 5.32 Å². The summed E-state index contributed by atoms with van der Waals surface area (Å²) in [5.74, 6) is 0.838. The zero-order valence-corrected chi connectivity index (χ0v) is 11.4. The Morgan fingerprint density at radius 3 is 3.00 bits per heavy atom. The lowest BCUT2D eigenvalue weighted by Crippen LogP contribution is -2.30. The fraction of sp³-hybridized carbons (Fsp3) is 0.231. The summed E-state index contributed by atoms with van der Waals surface area (Å²) >= 11 is 1.38. The Bertz CT molecular complexity index is 528. The molecule has 5 nitrogen and oxygen atoms in total. The Labute approximate surface area is 115 Å². The molecule has 0 atom stereocenters. The van der Waals surface area contributed by atoms with E-state index in [1.807, 2.05) is 29.6 Å². The van der Waals surface area contributed by atoms with E-state index in [0.29, 0.717) is 11.7 Å². The van der Waals surface area contributed by atoms with Gasteiger partial charge in [0.05, 0.1) is 7.11 Å². The van der Waals surface area contributed by atoms with E-state index in [1.165, 1.54) is 11.3 Å². The second-order valence-electron chi connectivity index (χ2n) is 3.78. The monoisotopic (exact) mass is 277 g/mol. The van der Waals surface area contributed by atoms with E-state index < -0.39 is 0 Å². The van der Waals surface area contributed by atoms with Gasteiger partial charge in [-0.25, -0.2) is 9.78 Å². The number of nitrogens with one attached hydrogen (secondary N) is 2. The predicted octanol–water partition coefficient (Wildman–Crippen LogP) is 2.52. The van der Waals surface area contributed by atoms with Crippen molar-refractivity contribution in [3.63, 3.8) is 0 Å². The summed E-state index contributed by atoms with van der Waals surface area (Å²) in [4.78, 5) is 15.5. The van der Waals surface area contributed by atoms with Crippen molar-refractivity contribution in [3.8, 4) is 5.75 Å². The van der Waals surface area contributed by atoms with E-state index in [1.54, 1.807) is 13.3 Å². The van der Waals surface area contributed by atoms with E-state index in [0.717, 1.165) is 17.7 Å². The van der Waals surface area contributed by atoms with E-state index >= 15 is 0 Å². The highest BCUT2D eigenvalue weighted by molar-refractivity contribution is 7.13. The molecule has 0 radical (unpaired) electrons. The Balaban J connectivity index is 1.78. The van der Waals surface area contributed by atoms with Gasteiger partial charge in [-0.1, -0.05) is 18.2 Å². The standard InChI is InChI=1S/C13H15N3O2S/c1-18-11-5-3-2-4-10(11)6-7-14-12(17)16-13-15-8-9-19-13/h2-5,8-9H,6-7H2,1H3,(H2,14,15,16,17). The number of rotatable bonds is 5. The molecule has 1 aromatic carbocycles. The third kappa shape index (κ3) is 3.96. The number of nitrogens with zero attached hydrogens (tertiary/aromatic N) is 1. The lowest BCUT2D eigenvalue weighted by molar-refractivity contribution is 0.252. The SMILES string of the molecule is COc1ccccc1CCNC(=O)Nc1nccs1. The van der Waals surface area contributed by atoms with Crippen molar-refractivity contribution >= 4 is 22.5 Å². The van der Waals surface area contributed by atoms with Crippen LogP contribution in [0, 0.1) is 0 Å². The maximum atomic E-state index is 11.6. The minimum absolute atomic E-state index is 0.246. The summed E-state index contributed by atoms with van der Waals surface area (Å²) < 4.78 is 5.25. The van der Waals surface area contributed by atoms with Crippen molar-refractivity contribution in [3.05, 3.63) is 41.4 Å². The van der Waals surface area contributed by atoms with Gasteiger partial charge in [0.1, 0.15) is 5.75 Å². The van der Waals surface area contributed by atoms with E-state index in [-0.39, 0.29) is 6.03 Å². The lowest BCUT2D eigenvalue weighted by Gasteiger charge is -2.09. The minimum Gasteiger partial charge on any atom is -0.496 e. The molecule has 6 heteroatoms. The predicted molar refractivity (Wildman–Crippen MR) is 75.8 cm³/mol. The zero-order valence-electron chi connectivity index (χ0n) is 10.6. The average molecular weight is 277 g/mol. The molecule has 0 bridgehead atoms.